The zero-order chi connectivity index (χ0) is 15.1. The molecule has 0 saturated heterocycles. The molecule has 0 heterocycles. The average Bonchev–Trinajstić information content (AvgIpc) is 2.47. The van der Waals surface area contributed by atoms with Crippen molar-refractivity contribution < 1.29 is 9.84 Å². The molecule has 0 aliphatic rings. The molecular weight excluding hydrogens is 262 g/mol. The molecule has 2 aromatic carbocycles. The Labute approximate surface area is 126 Å². The van der Waals surface area contributed by atoms with Crippen LogP contribution in [-0.2, 0) is 6.42 Å². The molecule has 2 aromatic rings. The molecule has 0 bridgehead atoms. The first-order chi connectivity index (χ1) is 10.2. The van der Waals surface area contributed by atoms with Crippen LogP contribution in [0.15, 0.2) is 48.5 Å². The predicted molar refractivity (Wildman–Crippen MR) is 85.8 cm³/mol. The van der Waals surface area contributed by atoms with Gasteiger partial charge in [0.2, 0.25) is 0 Å². The smallest absolute Gasteiger partial charge is 0.119 e. The van der Waals surface area contributed by atoms with Gasteiger partial charge in [0.1, 0.15) is 11.5 Å². The topological polar surface area (TPSA) is 41.5 Å². The summed E-state index contributed by atoms with van der Waals surface area (Å²) >= 11 is 0. The second-order valence-electron chi connectivity index (χ2n) is 4.99. The van der Waals surface area contributed by atoms with Crippen LogP contribution in [0.4, 0.5) is 0 Å². The van der Waals surface area contributed by atoms with Gasteiger partial charge >= 0.3 is 0 Å². The Hall–Kier alpha value is -2.00. The third-order valence-corrected chi connectivity index (χ3v) is 3.37. The minimum atomic E-state index is 0.206. The molecule has 0 aliphatic carbocycles. The normalized spacial score (nSPS) is 12.1. The maximum absolute atomic E-state index is 9.60. The Morgan fingerprint density at radius 3 is 2.62 bits per heavy atom. The lowest BCUT2D eigenvalue weighted by Gasteiger charge is -2.19. The lowest BCUT2D eigenvalue weighted by molar-refractivity contribution is 0.339. The number of likely N-dealkylation sites (N-methyl/N-ethyl adjacent to an activating group) is 1. The fourth-order valence-electron chi connectivity index (χ4n) is 2.46. The highest BCUT2D eigenvalue weighted by Crippen LogP contribution is 2.24. The van der Waals surface area contributed by atoms with Crippen molar-refractivity contribution in [2.75, 3.05) is 13.2 Å². The minimum absolute atomic E-state index is 0.206. The van der Waals surface area contributed by atoms with Crippen LogP contribution in [0.5, 0.6) is 11.5 Å². The summed E-state index contributed by atoms with van der Waals surface area (Å²) in [5, 5.41) is 13.1. The van der Waals surface area contributed by atoms with Gasteiger partial charge in [-0.05, 0) is 55.3 Å². The van der Waals surface area contributed by atoms with Crippen molar-refractivity contribution in [3.05, 3.63) is 59.7 Å². The zero-order valence-corrected chi connectivity index (χ0v) is 12.7. The molecule has 2 rings (SSSR count). The van der Waals surface area contributed by atoms with Crippen molar-refractivity contribution in [3.63, 3.8) is 0 Å². The van der Waals surface area contributed by atoms with Gasteiger partial charge in [0.15, 0.2) is 0 Å². The highest BCUT2D eigenvalue weighted by atomic mass is 16.5. The monoisotopic (exact) mass is 285 g/mol. The first-order valence-corrected chi connectivity index (χ1v) is 7.47. The molecular formula is C18H23NO2. The number of ether oxygens (including phenoxy) is 1. The van der Waals surface area contributed by atoms with E-state index in [0.29, 0.717) is 12.4 Å². The Kier molecular flexibility index (Phi) is 5.64. The largest absolute Gasteiger partial charge is 0.508 e. The third kappa shape index (κ3) is 4.50. The van der Waals surface area contributed by atoms with Crippen molar-refractivity contribution in [1.29, 1.82) is 0 Å². The summed E-state index contributed by atoms with van der Waals surface area (Å²) in [6.07, 6.45) is 0.831. The molecule has 0 spiro atoms. The molecule has 3 nitrogen and oxygen atoms in total. The maximum Gasteiger partial charge on any atom is 0.119 e. The number of phenols is 1. The second kappa shape index (κ2) is 7.70. The average molecular weight is 285 g/mol. The number of hydrogen-bond acceptors (Lipinski definition) is 3. The van der Waals surface area contributed by atoms with Gasteiger partial charge < -0.3 is 15.2 Å². The summed E-state index contributed by atoms with van der Waals surface area (Å²) in [6.45, 7) is 5.65. The Morgan fingerprint density at radius 1 is 1.10 bits per heavy atom. The Morgan fingerprint density at radius 2 is 1.90 bits per heavy atom. The van der Waals surface area contributed by atoms with Crippen molar-refractivity contribution in [2.24, 2.45) is 0 Å². The molecule has 0 fully saturated rings. The summed E-state index contributed by atoms with van der Waals surface area (Å²) < 4.78 is 5.58. The molecule has 0 aromatic heterocycles. The summed E-state index contributed by atoms with van der Waals surface area (Å²) in [5.41, 5.74) is 2.31. The zero-order valence-electron chi connectivity index (χ0n) is 12.7. The van der Waals surface area contributed by atoms with Crippen molar-refractivity contribution in [3.8, 4) is 11.5 Å². The van der Waals surface area contributed by atoms with Gasteiger partial charge in [-0.25, -0.2) is 0 Å². The molecule has 0 radical (unpaired) electrons. The van der Waals surface area contributed by atoms with E-state index in [-0.39, 0.29) is 6.04 Å². The molecule has 0 aliphatic heterocycles. The van der Waals surface area contributed by atoms with Crippen LogP contribution < -0.4 is 10.1 Å². The highest BCUT2D eigenvalue weighted by Gasteiger charge is 2.12. The highest BCUT2D eigenvalue weighted by molar-refractivity contribution is 5.33. The van der Waals surface area contributed by atoms with Crippen molar-refractivity contribution >= 4 is 0 Å². The van der Waals surface area contributed by atoms with Gasteiger partial charge in [-0.3, -0.25) is 0 Å². The van der Waals surface area contributed by atoms with Gasteiger partial charge in [-0.15, -0.1) is 0 Å². The molecule has 0 amide bonds. The molecule has 112 valence electrons. The van der Waals surface area contributed by atoms with E-state index in [1.54, 1.807) is 6.07 Å². The third-order valence-electron chi connectivity index (χ3n) is 3.37. The number of benzene rings is 2. The molecule has 2 N–H and O–H groups in total. The van der Waals surface area contributed by atoms with Gasteiger partial charge in [0, 0.05) is 6.04 Å². The van der Waals surface area contributed by atoms with E-state index >= 15 is 0 Å². The van der Waals surface area contributed by atoms with Crippen molar-refractivity contribution in [2.45, 2.75) is 26.3 Å². The van der Waals surface area contributed by atoms with E-state index in [0.717, 1.165) is 24.3 Å². The van der Waals surface area contributed by atoms with Crippen LogP contribution >= 0.6 is 0 Å². The number of aromatic hydroxyl groups is 1. The first-order valence-electron chi connectivity index (χ1n) is 7.47. The number of hydrogen-bond donors (Lipinski definition) is 2. The van der Waals surface area contributed by atoms with Crippen molar-refractivity contribution in [1.82, 2.24) is 5.32 Å². The van der Waals surface area contributed by atoms with E-state index < -0.39 is 0 Å². The molecule has 21 heavy (non-hydrogen) atoms. The van der Waals surface area contributed by atoms with E-state index in [4.69, 9.17) is 4.74 Å². The van der Waals surface area contributed by atoms with E-state index in [1.165, 1.54) is 5.56 Å². The van der Waals surface area contributed by atoms with Crippen LogP contribution in [0.25, 0.3) is 0 Å². The molecule has 3 heteroatoms. The van der Waals surface area contributed by atoms with Crippen LogP contribution in [0.2, 0.25) is 0 Å². The van der Waals surface area contributed by atoms with Gasteiger partial charge in [0.25, 0.3) is 0 Å². The Balaban J connectivity index is 2.19. The van der Waals surface area contributed by atoms with Crippen LogP contribution in [0, 0.1) is 0 Å². The van der Waals surface area contributed by atoms with E-state index in [9.17, 15) is 5.11 Å². The standard InChI is InChI=1S/C18H23NO2/c1-3-19-18(12-14-7-5-9-16(20)11-14)15-8-6-10-17(13-15)21-4-2/h5-11,13,18-20H,3-4,12H2,1-2H3. The van der Waals surface area contributed by atoms with Gasteiger partial charge in [0.05, 0.1) is 6.61 Å². The Bertz CT molecular complexity index is 569. The van der Waals surface area contributed by atoms with Crippen LogP contribution in [-0.4, -0.2) is 18.3 Å². The van der Waals surface area contributed by atoms with E-state index in [1.807, 2.05) is 37.3 Å². The molecule has 1 atom stereocenters. The quantitative estimate of drug-likeness (QED) is 0.815. The molecule has 0 saturated carbocycles. The van der Waals surface area contributed by atoms with Gasteiger partial charge in [-0.1, -0.05) is 31.2 Å². The van der Waals surface area contributed by atoms with Gasteiger partial charge in [-0.2, -0.15) is 0 Å². The first kappa shape index (κ1) is 15.4. The number of rotatable bonds is 7. The van der Waals surface area contributed by atoms with Crippen LogP contribution in [0.3, 0.4) is 0 Å². The maximum atomic E-state index is 9.60. The SMILES string of the molecule is CCNC(Cc1cccc(O)c1)c1cccc(OCC)c1. The summed E-state index contributed by atoms with van der Waals surface area (Å²) in [7, 11) is 0. The molecule has 1 unspecified atom stereocenters. The predicted octanol–water partition coefficient (Wildman–Crippen LogP) is 3.68. The minimum Gasteiger partial charge on any atom is -0.508 e. The second-order valence-corrected chi connectivity index (χ2v) is 4.99. The fraction of sp³-hybridized carbons (Fsp3) is 0.333. The fourth-order valence-corrected chi connectivity index (χ4v) is 2.46. The summed E-state index contributed by atoms with van der Waals surface area (Å²) in [6, 6.07) is 15.8. The number of nitrogens with one attached hydrogen (secondary N) is 1. The van der Waals surface area contributed by atoms with Crippen LogP contribution in [0.1, 0.15) is 31.0 Å². The number of phenolic OH excluding ortho intramolecular Hbond substituents is 1. The van der Waals surface area contributed by atoms with E-state index in [2.05, 4.69) is 24.4 Å². The summed E-state index contributed by atoms with van der Waals surface area (Å²) in [5.74, 6) is 1.21. The lowest BCUT2D eigenvalue weighted by atomic mass is 9.98. The summed E-state index contributed by atoms with van der Waals surface area (Å²) in [4.78, 5) is 0. The lowest BCUT2D eigenvalue weighted by Crippen LogP contribution is -2.23.